The molecule has 1 atom stereocenters. The van der Waals surface area contributed by atoms with Crippen molar-refractivity contribution in [3.8, 4) is 0 Å². The molecule has 6 rings (SSSR count). The van der Waals surface area contributed by atoms with E-state index >= 15 is 0 Å². The summed E-state index contributed by atoms with van der Waals surface area (Å²) in [5.41, 5.74) is 5.02. The van der Waals surface area contributed by atoms with Crippen molar-refractivity contribution in [2.24, 2.45) is 0 Å². The molecule has 2 aliphatic heterocycles. The Labute approximate surface area is 198 Å². The lowest BCUT2D eigenvalue weighted by Gasteiger charge is -2.30. The standard InChI is InChI=1S/C27H29N5S/c1(10-28-24-8-6-18-12-22(26-30-16-31-26)4-2-20(18)14-24)11-29-25-9-7-19-13-23(27-32-17-33-27)5-3-21(19)15-25/h2-9,12-15,26-32H,1,10-11,16-17H2. The molecule has 6 heteroatoms. The van der Waals surface area contributed by atoms with Crippen LogP contribution in [0.1, 0.15) is 29.1 Å². The summed E-state index contributed by atoms with van der Waals surface area (Å²) in [5.74, 6) is 1.05. The Morgan fingerprint density at radius 2 is 1.21 bits per heavy atom. The monoisotopic (exact) mass is 455 g/mol. The number of hydrogen-bond acceptors (Lipinski definition) is 6. The Balaban J connectivity index is 1.00. The van der Waals surface area contributed by atoms with Crippen LogP contribution in [0.25, 0.3) is 21.5 Å². The molecule has 168 valence electrons. The van der Waals surface area contributed by atoms with E-state index < -0.39 is 0 Å². The van der Waals surface area contributed by atoms with Crippen molar-refractivity contribution in [2.45, 2.75) is 18.0 Å². The first kappa shape index (κ1) is 20.8. The molecule has 1 unspecified atom stereocenters. The number of thioether (sulfide) groups is 1. The SMILES string of the molecule is c1cc2cc(C3NCN3)ccc2cc1NCCCNc1ccc2cc(C3NCS3)ccc2c1. The van der Waals surface area contributed by atoms with Gasteiger partial charge in [-0.3, -0.25) is 16.0 Å². The second kappa shape index (κ2) is 9.23. The van der Waals surface area contributed by atoms with Crippen LogP contribution in [-0.2, 0) is 0 Å². The molecule has 2 heterocycles. The van der Waals surface area contributed by atoms with Crippen molar-refractivity contribution in [1.29, 1.82) is 0 Å². The van der Waals surface area contributed by atoms with E-state index in [2.05, 4.69) is 99.4 Å². The van der Waals surface area contributed by atoms with Crippen molar-refractivity contribution in [3.05, 3.63) is 83.9 Å². The van der Waals surface area contributed by atoms with Gasteiger partial charge in [-0.2, -0.15) is 0 Å². The summed E-state index contributed by atoms with van der Waals surface area (Å²) in [6.07, 6.45) is 1.35. The van der Waals surface area contributed by atoms with Gasteiger partial charge in [-0.15, -0.1) is 11.8 Å². The minimum atomic E-state index is 0.295. The second-order valence-corrected chi connectivity index (χ2v) is 9.86. The maximum Gasteiger partial charge on any atom is 0.0855 e. The topological polar surface area (TPSA) is 60.1 Å². The first-order valence-electron chi connectivity index (χ1n) is 11.7. The predicted octanol–water partition coefficient (Wildman–Crippen LogP) is 5.35. The van der Waals surface area contributed by atoms with Gasteiger partial charge in [0.2, 0.25) is 0 Å². The average molecular weight is 456 g/mol. The molecule has 2 saturated heterocycles. The molecule has 33 heavy (non-hydrogen) atoms. The highest BCUT2D eigenvalue weighted by Crippen LogP contribution is 2.34. The zero-order chi connectivity index (χ0) is 22.0. The van der Waals surface area contributed by atoms with Gasteiger partial charge in [0.15, 0.2) is 0 Å². The maximum atomic E-state index is 3.57. The highest BCUT2D eigenvalue weighted by Gasteiger charge is 2.19. The zero-order valence-electron chi connectivity index (χ0n) is 18.5. The molecule has 4 aromatic carbocycles. The summed E-state index contributed by atoms with van der Waals surface area (Å²) >= 11 is 1.96. The Morgan fingerprint density at radius 3 is 1.76 bits per heavy atom. The van der Waals surface area contributed by atoms with E-state index in [1.54, 1.807) is 0 Å². The van der Waals surface area contributed by atoms with E-state index in [1.807, 2.05) is 11.8 Å². The first-order chi connectivity index (χ1) is 16.3. The summed E-state index contributed by atoms with van der Waals surface area (Å²) in [7, 11) is 0. The second-order valence-electron chi connectivity index (χ2n) is 8.76. The molecule has 5 nitrogen and oxygen atoms in total. The molecule has 0 aromatic heterocycles. The number of benzene rings is 4. The summed E-state index contributed by atoms with van der Waals surface area (Å²) in [4.78, 5) is 0. The molecular weight excluding hydrogens is 426 g/mol. The van der Waals surface area contributed by atoms with Crippen LogP contribution in [0, 0.1) is 0 Å². The first-order valence-corrected chi connectivity index (χ1v) is 12.7. The largest absolute Gasteiger partial charge is 0.385 e. The van der Waals surface area contributed by atoms with Gasteiger partial charge in [0.25, 0.3) is 0 Å². The van der Waals surface area contributed by atoms with Crippen molar-refractivity contribution >= 4 is 44.7 Å². The highest BCUT2D eigenvalue weighted by molar-refractivity contribution is 8.00. The summed E-state index contributed by atoms with van der Waals surface area (Å²) in [6, 6.07) is 26.7. The van der Waals surface area contributed by atoms with Crippen LogP contribution in [0.2, 0.25) is 0 Å². The van der Waals surface area contributed by atoms with E-state index in [0.717, 1.165) is 32.1 Å². The fraction of sp³-hybridized carbons (Fsp3) is 0.259. The van der Waals surface area contributed by atoms with Gasteiger partial charge in [0.1, 0.15) is 0 Å². The Kier molecular flexibility index (Phi) is 5.82. The quantitative estimate of drug-likeness (QED) is 0.231. The molecule has 0 spiro atoms. The number of hydrogen-bond donors (Lipinski definition) is 5. The van der Waals surface area contributed by atoms with E-state index in [-0.39, 0.29) is 0 Å². The van der Waals surface area contributed by atoms with Crippen LogP contribution in [0.4, 0.5) is 11.4 Å². The van der Waals surface area contributed by atoms with Gasteiger partial charge in [0.05, 0.1) is 11.5 Å². The smallest absolute Gasteiger partial charge is 0.0855 e. The molecule has 2 aliphatic rings. The van der Waals surface area contributed by atoms with E-state index in [9.17, 15) is 0 Å². The number of nitrogens with one attached hydrogen (secondary N) is 5. The third kappa shape index (κ3) is 4.52. The predicted molar refractivity (Wildman–Crippen MR) is 142 cm³/mol. The number of fused-ring (bicyclic) bond motifs is 2. The molecule has 0 radical (unpaired) electrons. The van der Waals surface area contributed by atoms with Gasteiger partial charge < -0.3 is 10.6 Å². The number of anilines is 2. The highest BCUT2D eigenvalue weighted by atomic mass is 32.2. The molecule has 5 N–H and O–H groups in total. The fourth-order valence-electron chi connectivity index (χ4n) is 4.47. The van der Waals surface area contributed by atoms with Crippen molar-refractivity contribution in [2.75, 3.05) is 36.3 Å². The Bertz CT molecular complexity index is 1180. The third-order valence-electron chi connectivity index (χ3n) is 6.51. The van der Waals surface area contributed by atoms with Gasteiger partial charge in [-0.1, -0.05) is 36.4 Å². The molecule has 2 fully saturated rings. The lowest BCUT2D eigenvalue weighted by atomic mass is 10.0. The van der Waals surface area contributed by atoms with Crippen molar-refractivity contribution in [1.82, 2.24) is 16.0 Å². The van der Waals surface area contributed by atoms with Crippen LogP contribution < -0.4 is 26.6 Å². The molecule has 0 aliphatic carbocycles. The van der Waals surface area contributed by atoms with E-state index in [1.165, 1.54) is 44.0 Å². The normalized spacial score (nSPS) is 18.1. The Hall–Kier alpha value is -2.77. The van der Waals surface area contributed by atoms with Gasteiger partial charge >= 0.3 is 0 Å². The van der Waals surface area contributed by atoms with Gasteiger partial charge in [0, 0.05) is 37.0 Å². The lowest BCUT2D eigenvalue weighted by Crippen LogP contribution is -2.51. The van der Waals surface area contributed by atoms with Crippen LogP contribution >= 0.6 is 11.8 Å². The zero-order valence-corrected chi connectivity index (χ0v) is 19.3. The average Bonchev–Trinajstić information content (AvgIpc) is 2.76. The van der Waals surface area contributed by atoms with Crippen LogP contribution in [0.5, 0.6) is 0 Å². The molecular formula is C27H29N5S. The van der Waals surface area contributed by atoms with Crippen molar-refractivity contribution < 1.29 is 0 Å². The molecule has 4 aromatic rings. The third-order valence-corrected chi connectivity index (χ3v) is 7.61. The van der Waals surface area contributed by atoms with E-state index in [0.29, 0.717) is 11.5 Å². The van der Waals surface area contributed by atoms with Crippen LogP contribution in [-0.4, -0.2) is 25.6 Å². The summed E-state index contributed by atoms with van der Waals surface area (Å²) in [6.45, 7) is 2.77. The van der Waals surface area contributed by atoms with Gasteiger partial charge in [-0.05, 0) is 75.5 Å². The summed E-state index contributed by atoms with van der Waals surface area (Å²) in [5, 5.41) is 22.9. The Morgan fingerprint density at radius 1 is 0.667 bits per heavy atom. The summed E-state index contributed by atoms with van der Waals surface area (Å²) < 4.78 is 0. The van der Waals surface area contributed by atoms with Crippen molar-refractivity contribution in [3.63, 3.8) is 0 Å². The fourth-order valence-corrected chi connectivity index (χ4v) is 5.14. The minimum Gasteiger partial charge on any atom is -0.385 e. The maximum absolute atomic E-state index is 3.57. The molecule has 0 bridgehead atoms. The number of rotatable bonds is 8. The lowest BCUT2D eigenvalue weighted by molar-refractivity contribution is 0.308. The van der Waals surface area contributed by atoms with E-state index in [4.69, 9.17) is 0 Å². The molecule has 0 saturated carbocycles. The van der Waals surface area contributed by atoms with Crippen LogP contribution in [0.3, 0.4) is 0 Å². The molecule has 0 amide bonds. The minimum absolute atomic E-state index is 0.295. The van der Waals surface area contributed by atoms with Crippen LogP contribution in [0.15, 0.2) is 72.8 Å². The van der Waals surface area contributed by atoms with Gasteiger partial charge in [-0.25, -0.2) is 0 Å².